The fourth-order valence-corrected chi connectivity index (χ4v) is 6.33. The molecular formula is C25H28N4O2. The maximum Gasteiger partial charge on any atom is 0.296 e. The molecule has 6 heteroatoms. The van der Waals surface area contributed by atoms with Gasteiger partial charge in [0.05, 0.1) is 11.8 Å². The molecule has 3 heterocycles. The minimum absolute atomic E-state index is 0.0291. The Morgan fingerprint density at radius 1 is 0.968 bits per heavy atom. The summed E-state index contributed by atoms with van der Waals surface area (Å²) in [4.78, 5) is 20.6. The fourth-order valence-electron chi connectivity index (χ4n) is 6.33. The summed E-state index contributed by atoms with van der Waals surface area (Å²) in [5, 5.41) is 5.08. The third-order valence-electron chi connectivity index (χ3n) is 7.68. The van der Waals surface area contributed by atoms with E-state index in [4.69, 9.17) is 14.5 Å². The number of amides is 1. The van der Waals surface area contributed by atoms with Crippen LogP contribution in [0.15, 0.2) is 53.1 Å². The van der Waals surface area contributed by atoms with Gasteiger partial charge in [0.15, 0.2) is 11.6 Å². The Labute approximate surface area is 182 Å². The van der Waals surface area contributed by atoms with Crippen molar-refractivity contribution < 1.29 is 9.21 Å². The van der Waals surface area contributed by atoms with Crippen LogP contribution in [0, 0.1) is 5.92 Å². The van der Waals surface area contributed by atoms with Gasteiger partial charge in [0, 0.05) is 17.5 Å². The molecule has 0 N–H and O–H groups in total. The SMILES string of the molecule is O=C(c1ccco1)N1c2nc(-c3ccccc3)nn2C2(CCCCC2)C2CCCCC21. The van der Waals surface area contributed by atoms with Gasteiger partial charge in [-0.2, -0.15) is 4.98 Å². The molecule has 31 heavy (non-hydrogen) atoms. The quantitative estimate of drug-likeness (QED) is 0.560. The standard InChI is InChI=1S/C25H28N4O2/c30-23(21-14-9-17-31-21)28-20-13-6-5-12-19(20)25(15-7-2-8-16-25)29-24(28)26-22(27-29)18-10-3-1-4-11-18/h1,3-4,9-11,14,17,19-20H,2,5-8,12-13,15-16H2. The van der Waals surface area contributed by atoms with Crippen molar-refractivity contribution in [3.63, 3.8) is 0 Å². The van der Waals surface area contributed by atoms with Gasteiger partial charge < -0.3 is 4.42 Å². The van der Waals surface area contributed by atoms with Crippen molar-refractivity contribution in [2.45, 2.75) is 69.4 Å². The average molecular weight is 417 g/mol. The van der Waals surface area contributed by atoms with E-state index >= 15 is 0 Å². The van der Waals surface area contributed by atoms with Crippen LogP contribution >= 0.6 is 0 Å². The molecule has 3 aromatic rings. The number of anilines is 1. The van der Waals surface area contributed by atoms with Crippen LogP contribution in [0.2, 0.25) is 0 Å². The maximum absolute atomic E-state index is 13.6. The van der Waals surface area contributed by atoms with Crippen molar-refractivity contribution in [1.29, 1.82) is 0 Å². The van der Waals surface area contributed by atoms with Gasteiger partial charge in [-0.05, 0) is 37.8 Å². The zero-order valence-electron chi connectivity index (χ0n) is 17.7. The molecule has 1 aliphatic heterocycles. The Bertz CT molecular complexity index is 1070. The van der Waals surface area contributed by atoms with E-state index in [1.54, 1.807) is 18.4 Å². The monoisotopic (exact) mass is 416 g/mol. The molecule has 0 bridgehead atoms. The summed E-state index contributed by atoms with van der Waals surface area (Å²) in [7, 11) is 0. The van der Waals surface area contributed by atoms with Crippen molar-refractivity contribution in [1.82, 2.24) is 14.8 Å². The van der Waals surface area contributed by atoms with E-state index in [0.717, 1.165) is 37.7 Å². The Balaban J connectivity index is 1.55. The molecule has 2 unspecified atom stereocenters. The molecule has 6 rings (SSSR count). The molecule has 2 fully saturated rings. The molecule has 1 spiro atoms. The number of aromatic nitrogens is 3. The summed E-state index contributed by atoms with van der Waals surface area (Å²) >= 11 is 0. The minimum atomic E-state index is -0.0965. The van der Waals surface area contributed by atoms with Crippen molar-refractivity contribution in [2.24, 2.45) is 5.92 Å². The molecule has 2 atom stereocenters. The molecule has 6 nitrogen and oxygen atoms in total. The predicted octanol–water partition coefficient (Wildman–Crippen LogP) is 5.42. The summed E-state index contributed by atoms with van der Waals surface area (Å²) in [6, 6.07) is 13.8. The van der Waals surface area contributed by atoms with Crippen LogP contribution in [-0.4, -0.2) is 26.7 Å². The number of benzene rings is 1. The van der Waals surface area contributed by atoms with Crippen molar-refractivity contribution in [3.05, 3.63) is 54.5 Å². The summed E-state index contributed by atoms with van der Waals surface area (Å²) in [5.74, 6) is 2.10. The molecule has 2 saturated carbocycles. The molecule has 1 amide bonds. The Kier molecular flexibility index (Phi) is 4.47. The smallest absolute Gasteiger partial charge is 0.296 e. The second-order valence-electron chi connectivity index (χ2n) is 9.29. The van der Waals surface area contributed by atoms with Crippen LogP contribution < -0.4 is 4.90 Å². The van der Waals surface area contributed by atoms with Crippen molar-refractivity contribution >= 4 is 11.9 Å². The largest absolute Gasteiger partial charge is 0.459 e. The third-order valence-corrected chi connectivity index (χ3v) is 7.68. The average Bonchev–Trinajstić information content (AvgIpc) is 3.52. The van der Waals surface area contributed by atoms with Gasteiger partial charge in [0.1, 0.15) is 0 Å². The lowest BCUT2D eigenvalue weighted by Gasteiger charge is -2.55. The summed E-state index contributed by atoms with van der Waals surface area (Å²) in [6.45, 7) is 0. The zero-order valence-corrected chi connectivity index (χ0v) is 17.7. The molecule has 0 saturated heterocycles. The molecular weight excluding hydrogens is 388 g/mol. The number of furan rings is 1. The molecule has 2 aromatic heterocycles. The topological polar surface area (TPSA) is 64.2 Å². The van der Waals surface area contributed by atoms with Crippen LogP contribution in [-0.2, 0) is 5.54 Å². The van der Waals surface area contributed by atoms with Gasteiger partial charge in [-0.25, -0.2) is 4.68 Å². The lowest BCUT2D eigenvalue weighted by Crippen LogP contribution is -2.61. The van der Waals surface area contributed by atoms with Crippen molar-refractivity contribution in [2.75, 3.05) is 4.90 Å². The lowest BCUT2D eigenvalue weighted by atomic mass is 9.64. The number of carbonyl (C=O) groups is 1. The second kappa shape index (κ2) is 7.36. The first kappa shape index (κ1) is 18.8. The second-order valence-corrected chi connectivity index (χ2v) is 9.29. The van der Waals surface area contributed by atoms with Crippen LogP contribution in [0.4, 0.5) is 5.95 Å². The normalized spacial score (nSPS) is 24.6. The Morgan fingerprint density at radius 3 is 2.55 bits per heavy atom. The number of hydrogen-bond acceptors (Lipinski definition) is 4. The van der Waals surface area contributed by atoms with Gasteiger partial charge in [-0.1, -0.05) is 62.4 Å². The van der Waals surface area contributed by atoms with Crippen LogP contribution in [0.5, 0.6) is 0 Å². The highest BCUT2D eigenvalue weighted by molar-refractivity contribution is 6.04. The van der Waals surface area contributed by atoms with Gasteiger partial charge in [-0.15, -0.1) is 5.10 Å². The molecule has 0 radical (unpaired) electrons. The first-order valence-electron chi connectivity index (χ1n) is 11.7. The van der Waals surface area contributed by atoms with E-state index in [1.807, 2.05) is 35.2 Å². The maximum atomic E-state index is 13.6. The fraction of sp³-hybridized carbons (Fsp3) is 0.480. The van der Waals surface area contributed by atoms with Gasteiger partial charge >= 0.3 is 0 Å². The van der Waals surface area contributed by atoms with E-state index in [0.29, 0.717) is 23.5 Å². The van der Waals surface area contributed by atoms with Gasteiger partial charge in [-0.3, -0.25) is 9.69 Å². The number of nitrogens with zero attached hydrogens (tertiary/aromatic N) is 4. The van der Waals surface area contributed by atoms with E-state index in [9.17, 15) is 4.79 Å². The molecule has 1 aromatic carbocycles. The summed E-state index contributed by atoms with van der Waals surface area (Å²) in [5.41, 5.74) is 0.960. The van der Waals surface area contributed by atoms with E-state index in [1.165, 1.54) is 25.7 Å². The minimum Gasteiger partial charge on any atom is -0.459 e. The van der Waals surface area contributed by atoms with Crippen LogP contribution in [0.1, 0.15) is 68.3 Å². The summed E-state index contributed by atoms with van der Waals surface area (Å²) in [6.07, 6.45) is 12.1. The first-order valence-corrected chi connectivity index (χ1v) is 11.7. The number of rotatable bonds is 2. The number of hydrogen-bond donors (Lipinski definition) is 0. The Hall–Kier alpha value is -2.89. The molecule has 3 aliphatic rings. The van der Waals surface area contributed by atoms with Crippen LogP contribution in [0.25, 0.3) is 11.4 Å². The van der Waals surface area contributed by atoms with Crippen LogP contribution in [0.3, 0.4) is 0 Å². The van der Waals surface area contributed by atoms with E-state index in [-0.39, 0.29) is 17.5 Å². The van der Waals surface area contributed by atoms with E-state index < -0.39 is 0 Å². The van der Waals surface area contributed by atoms with Gasteiger partial charge in [0.25, 0.3) is 5.91 Å². The highest BCUT2D eigenvalue weighted by Gasteiger charge is 2.55. The van der Waals surface area contributed by atoms with Gasteiger partial charge in [0.2, 0.25) is 5.95 Å². The highest BCUT2D eigenvalue weighted by Crippen LogP contribution is 2.53. The number of carbonyl (C=O) groups excluding carboxylic acids is 1. The molecule has 160 valence electrons. The van der Waals surface area contributed by atoms with Crippen molar-refractivity contribution in [3.8, 4) is 11.4 Å². The number of fused-ring (bicyclic) bond motifs is 4. The molecule has 2 aliphatic carbocycles. The summed E-state index contributed by atoms with van der Waals surface area (Å²) < 4.78 is 7.68. The first-order chi connectivity index (χ1) is 15.3. The lowest BCUT2D eigenvalue weighted by molar-refractivity contribution is 0.0309. The van der Waals surface area contributed by atoms with E-state index in [2.05, 4.69) is 4.68 Å². The predicted molar refractivity (Wildman–Crippen MR) is 118 cm³/mol. The Morgan fingerprint density at radius 2 is 1.77 bits per heavy atom. The zero-order chi connectivity index (χ0) is 20.8. The highest BCUT2D eigenvalue weighted by atomic mass is 16.3. The third kappa shape index (κ3) is 2.87.